The van der Waals surface area contributed by atoms with Crippen molar-refractivity contribution in [3.8, 4) is 12.3 Å². The van der Waals surface area contributed by atoms with E-state index in [0.717, 1.165) is 9.87 Å². The molecule has 6 heteroatoms. The van der Waals surface area contributed by atoms with Crippen molar-refractivity contribution >= 4 is 26.0 Å². The lowest BCUT2D eigenvalue weighted by Gasteiger charge is -2.15. The number of sulfonamides is 1. The number of benzene rings is 1. The largest absolute Gasteiger partial charge is 0.326 e. The quantitative estimate of drug-likeness (QED) is 0.848. The van der Waals surface area contributed by atoms with Crippen LogP contribution in [-0.2, 0) is 16.6 Å². The van der Waals surface area contributed by atoms with Crippen molar-refractivity contribution in [2.75, 3.05) is 13.6 Å². The smallest absolute Gasteiger partial charge is 0.244 e. The summed E-state index contributed by atoms with van der Waals surface area (Å²) in [7, 11) is -2.11. The number of nitrogens with zero attached hydrogens (tertiary/aromatic N) is 1. The second-order valence-electron chi connectivity index (χ2n) is 3.43. The Morgan fingerprint density at radius 2 is 2.18 bits per heavy atom. The van der Waals surface area contributed by atoms with Gasteiger partial charge in [0.25, 0.3) is 0 Å². The molecule has 0 aliphatic carbocycles. The van der Waals surface area contributed by atoms with Gasteiger partial charge in [0, 0.05) is 18.1 Å². The van der Waals surface area contributed by atoms with E-state index in [1.54, 1.807) is 12.1 Å². The molecule has 0 atom stereocenters. The molecule has 92 valence electrons. The highest BCUT2D eigenvalue weighted by molar-refractivity contribution is 9.10. The molecule has 0 unspecified atom stereocenters. The van der Waals surface area contributed by atoms with Crippen molar-refractivity contribution in [3.63, 3.8) is 0 Å². The highest BCUT2D eigenvalue weighted by Gasteiger charge is 2.22. The normalized spacial score (nSPS) is 11.5. The number of halogens is 1. The number of terminal acetylenes is 1. The molecule has 0 fully saturated rings. The molecule has 0 aromatic heterocycles. The molecule has 0 saturated carbocycles. The van der Waals surface area contributed by atoms with E-state index in [1.165, 1.54) is 13.1 Å². The molecule has 0 spiro atoms. The molecule has 0 radical (unpaired) electrons. The van der Waals surface area contributed by atoms with Crippen LogP contribution in [0.25, 0.3) is 0 Å². The minimum atomic E-state index is -3.55. The van der Waals surface area contributed by atoms with E-state index in [0.29, 0.717) is 11.0 Å². The zero-order valence-electron chi connectivity index (χ0n) is 9.35. The molecule has 0 aliphatic heterocycles. The van der Waals surface area contributed by atoms with Crippen molar-refractivity contribution in [1.82, 2.24) is 4.31 Å². The maximum Gasteiger partial charge on any atom is 0.244 e. The predicted octanol–water partition coefficient (Wildman–Crippen LogP) is 1.16. The van der Waals surface area contributed by atoms with E-state index in [1.807, 2.05) is 0 Å². The first-order valence-corrected chi connectivity index (χ1v) is 7.05. The molecule has 0 amide bonds. The minimum Gasteiger partial charge on any atom is -0.326 e. The van der Waals surface area contributed by atoms with Crippen molar-refractivity contribution < 1.29 is 8.42 Å². The average Bonchev–Trinajstić information content (AvgIpc) is 2.28. The Hall–Kier alpha value is -0.870. The summed E-state index contributed by atoms with van der Waals surface area (Å²) >= 11 is 3.23. The zero-order valence-corrected chi connectivity index (χ0v) is 11.8. The molecule has 1 aromatic rings. The summed E-state index contributed by atoms with van der Waals surface area (Å²) in [6.07, 6.45) is 5.10. The summed E-state index contributed by atoms with van der Waals surface area (Å²) in [6.45, 7) is 0.395. The first-order chi connectivity index (χ1) is 7.93. The molecule has 0 aliphatic rings. The zero-order chi connectivity index (χ0) is 13.1. The van der Waals surface area contributed by atoms with Crippen LogP contribution < -0.4 is 5.73 Å². The van der Waals surface area contributed by atoms with Gasteiger partial charge < -0.3 is 5.73 Å². The van der Waals surface area contributed by atoms with E-state index in [2.05, 4.69) is 21.9 Å². The Morgan fingerprint density at radius 1 is 1.53 bits per heavy atom. The van der Waals surface area contributed by atoms with Gasteiger partial charge in [-0.2, -0.15) is 4.31 Å². The number of rotatable bonds is 4. The molecule has 0 heterocycles. The third-order valence-electron chi connectivity index (χ3n) is 2.23. The lowest BCUT2D eigenvalue weighted by atomic mass is 10.2. The van der Waals surface area contributed by atoms with Crippen molar-refractivity contribution in [3.05, 3.63) is 28.2 Å². The van der Waals surface area contributed by atoms with Crippen LogP contribution in [0.15, 0.2) is 27.6 Å². The van der Waals surface area contributed by atoms with Gasteiger partial charge in [-0.05, 0) is 33.6 Å². The van der Waals surface area contributed by atoms with Gasteiger partial charge in [0.05, 0.1) is 11.4 Å². The molecule has 17 heavy (non-hydrogen) atoms. The summed E-state index contributed by atoms with van der Waals surface area (Å²) in [5.41, 5.74) is 6.33. The van der Waals surface area contributed by atoms with Crippen LogP contribution in [-0.4, -0.2) is 26.3 Å². The molecule has 4 nitrogen and oxygen atoms in total. The Bertz CT molecular complexity index is 549. The fraction of sp³-hybridized carbons (Fsp3) is 0.273. The molecule has 2 N–H and O–H groups in total. The Morgan fingerprint density at radius 3 is 2.65 bits per heavy atom. The third-order valence-corrected chi connectivity index (χ3v) is 5.01. The van der Waals surface area contributed by atoms with Crippen molar-refractivity contribution in [2.45, 2.75) is 11.4 Å². The summed E-state index contributed by atoms with van der Waals surface area (Å²) in [5.74, 6) is 2.30. The summed E-state index contributed by atoms with van der Waals surface area (Å²) < 4.78 is 25.8. The minimum absolute atomic E-state index is 0.0351. The van der Waals surface area contributed by atoms with E-state index in [9.17, 15) is 8.42 Å². The van der Waals surface area contributed by atoms with Crippen molar-refractivity contribution in [2.24, 2.45) is 5.73 Å². The number of nitrogens with two attached hydrogens (primary N) is 1. The third kappa shape index (κ3) is 3.07. The number of hydrogen-bond acceptors (Lipinski definition) is 3. The Labute approximate surface area is 110 Å². The van der Waals surface area contributed by atoms with Crippen LogP contribution in [0.3, 0.4) is 0 Å². The van der Waals surface area contributed by atoms with Gasteiger partial charge >= 0.3 is 0 Å². The van der Waals surface area contributed by atoms with E-state index < -0.39 is 10.0 Å². The fourth-order valence-corrected chi connectivity index (χ4v) is 3.43. The van der Waals surface area contributed by atoms with Crippen LogP contribution in [0.4, 0.5) is 0 Å². The fourth-order valence-electron chi connectivity index (χ4n) is 1.26. The van der Waals surface area contributed by atoms with Gasteiger partial charge in [-0.15, -0.1) is 6.42 Å². The first kappa shape index (κ1) is 14.2. The second-order valence-corrected chi connectivity index (χ2v) is 6.30. The molecular weight excluding hydrogens is 304 g/mol. The Balaban J connectivity index is 3.21. The maximum atomic E-state index is 12.1. The van der Waals surface area contributed by atoms with Crippen LogP contribution in [0.5, 0.6) is 0 Å². The molecular formula is C11H13BrN2O2S. The van der Waals surface area contributed by atoms with Gasteiger partial charge in [-0.1, -0.05) is 12.0 Å². The molecule has 0 bridgehead atoms. The van der Waals surface area contributed by atoms with Crippen molar-refractivity contribution in [1.29, 1.82) is 0 Å². The topological polar surface area (TPSA) is 63.4 Å². The molecule has 0 saturated heterocycles. The van der Waals surface area contributed by atoms with E-state index in [4.69, 9.17) is 12.2 Å². The lowest BCUT2D eigenvalue weighted by Crippen LogP contribution is -2.27. The van der Waals surface area contributed by atoms with Gasteiger partial charge in [-0.3, -0.25) is 0 Å². The average molecular weight is 317 g/mol. The second kappa shape index (κ2) is 5.65. The van der Waals surface area contributed by atoms with Crippen LogP contribution in [0.2, 0.25) is 0 Å². The lowest BCUT2D eigenvalue weighted by molar-refractivity contribution is 0.502. The standard InChI is InChI=1S/C11H13BrN2O2S/c1-3-6-14(2)17(15,16)11-5-4-9(8-13)7-10(11)12/h1,4-5,7H,6,8,13H2,2H3. The van der Waals surface area contributed by atoms with Gasteiger partial charge in [0.1, 0.15) is 0 Å². The van der Waals surface area contributed by atoms with Gasteiger partial charge in [0.15, 0.2) is 0 Å². The Kier molecular flexibility index (Phi) is 4.71. The number of hydrogen-bond donors (Lipinski definition) is 1. The highest BCUT2D eigenvalue weighted by Crippen LogP contribution is 2.25. The van der Waals surface area contributed by atoms with Gasteiger partial charge in [-0.25, -0.2) is 8.42 Å². The first-order valence-electron chi connectivity index (χ1n) is 4.81. The highest BCUT2D eigenvalue weighted by atomic mass is 79.9. The summed E-state index contributed by atoms with van der Waals surface area (Å²) in [6, 6.07) is 4.90. The predicted molar refractivity (Wildman–Crippen MR) is 70.7 cm³/mol. The van der Waals surface area contributed by atoms with Gasteiger partial charge in [0.2, 0.25) is 10.0 Å². The summed E-state index contributed by atoms with van der Waals surface area (Å²) in [5, 5.41) is 0. The van der Waals surface area contributed by atoms with Crippen LogP contribution in [0, 0.1) is 12.3 Å². The monoisotopic (exact) mass is 316 g/mol. The molecule has 1 aromatic carbocycles. The molecule has 1 rings (SSSR count). The van der Waals surface area contributed by atoms with Crippen LogP contribution >= 0.6 is 15.9 Å². The maximum absolute atomic E-state index is 12.1. The van der Waals surface area contributed by atoms with E-state index >= 15 is 0 Å². The SMILES string of the molecule is C#CCN(C)S(=O)(=O)c1ccc(CN)cc1Br. The van der Waals surface area contributed by atoms with Crippen LogP contribution in [0.1, 0.15) is 5.56 Å². The van der Waals surface area contributed by atoms with E-state index in [-0.39, 0.29) is 11.4 Å². The summed E-state index contributed by atoms with van der Waals surface area (Å²) in [4.78, 5) is 0.187.